The molecule has 6 heterocycles. The van der Waals surface area contributed by atoms with E-state index in [9.17, 15) is 10.2 Å². The van der Waals surface area contributed by atoms with Gasteiger partial charge >= 0.3 is 0 Å². The second-order valence-electron chi connectivity index (χ2n) is 13.4. The molecule has 54 heavy (non-hydrogen) atoms. The highest BCUT2D eigenvalue weighted by Gasteiger charge is 2.34. The minimum atomic E-state index is -0.0125. The topological polar surface area (TPSA) is 126 Å². The van der Waals surface area contributed by atoms with E-state index in [1.807, 2.05) is 83.4 Å². The minimum absolute atomic E-state index is 0.0125. The van der Waals surface area contributed by atoms with E-state index in [1.54, 1.807) is 12.4 Å². The summed E-state index contributed by atoms with van der Waals surface area (Å²) in [6, 6.07) is 24.6. The normalized spacial score (nSPS) is 19.3. The van der Waals surface area contributed by atoms with Crippen LogP contribution in [0.25, 0.3) is 22.8 Å². The van der Waals surface area contributed by atoms with Crippen LogP contribution in [0.5, 0.6) is 0 Å². The van der Waals surface area contributed by atoms with Crippen LogP contribution in [-0.2, 0) is 14.1 Å². The van der Waals surface area contributed by atoms with Gasteiger partial charge in [-0.15, -0.1) is 23.5 Å². The fraction of sp³-hybridized carbons (Fsp3) is 0.300. The number of nitrogens with one attached hydrogen (secondary N) is 2. The zero-order valence-corrected chi connectivity index (χ0v) is 35.2. The van der Waals surface area contributed by atoms with E-state index in [2.05, 4.69) is 103 Å². The predicted molar refractivity (Wildman–Crippen MR) is 228 cm³/mol. The van der Waals surface area contributed by atoms with Gasteiger partial charge in [0.15, 0.2) is 0 Å². The number of anilines is 2. The molecule has 0 fully saturated rings. The molecular weight excluding hydrogens is 848 g/mol. The molecule has 4 aromatic heterocycles. The van der Waals surface area contributed by atoms with Gasteiger partial charge in [-0.05, 0) is 84.6 Å². The summed E-state index contributed by atoms with van der Waals surface area (Å²) in [5, 5.41) is 36.3. The fourth-order valence-electron chi connectivity index (χ4n) is 6.92. The lowest BCUT2D eigenvalue weighted by Crippen LogP contribution is -2.26. The maximum atomic E-state index is 9.78. The van der Waals surface area contributed by atoms with Crippen LogP contribution in [0, 0.1) is 13.8 Å². The molecule has 0 spiro atoms. The molecule has 2 aliphatic rings. The van der Waals surface area contributed by atoms with Crippen molar-refractivity contribution < 1.29 is 10.2 Å². The smallest absolute Gasteiger partial charge is 0.129 e. The Morgan fingerprint density at radius 3 is 1.44 bits per heavy atom. The third-order valence-corrected chi connectivity index (χ3v) is 13.4. The lowest BCUT2D eigenvalue weighted by Gasteiger charge is -2.19. The third kappa shape index (κ3) is 8.00. The molecule has 6 aromatic rings. The molecule has 8 rings (SSSR count). The number of nitrogens with zero attached hydrogens (tertiary/aromatic N) is 6. The molecule has 1 unspecified atom stereocenters. The Morgan fingerprint density at radius 1 is 0.667 bits per heavy atom. The molecule has 2 aromatic carbocycles. The first kappa shape index (κ1) is 38.6. The molecule has 4 N–H and O–H groups in total. The first-order valence-corrected chi connectivity index (χ1v) is 21.3. The van der Waals surface area contributed by atoms with Crippen LogP contribution in [-0.4, -0.2) is 76.5 Å². The number of aliphatic hydroxyl groups excluding tert-OH is 2. The number of aliphatic hydroxyl groups is 2. The van der Waals surface area contributed by atoms with Gasteiger partial charge in [-0.3, -0.25) is 19.3 Å². The summed E-state index contributed by atoms with van der Waals surface area (Å²) < 4.78 is 5.89. The lowest BCUT2D eigenvalue weighted by atomic mass is 9.98. The van der Waals surface area contributed by atoms with Gasteiger partial charge in [-0.2, -0.15) is 10.2 Å². The van der Waals surface area contributed by atoms with E-state index < -0.39 is 0 Å². The quantitative estimate of drug-likeness (QED) is 0.130. The van der Waals surface area contributed by atoms with Crippen molar-refractivity contribution >= 4 is 67.0 Å². The molecule has 2 aliphatic heterocycles. The Bertz CT molecular complexity index is 2080. The average Bonchev–Trinajstić information content (AvgIpc) is 3.49. The van der Waals surface area contributed by atoms with Gasteiger partial charge in [-0.1, -0.05) is 56.1 Å². The number of hydrogen-bond donors (Lipinski definition) is 4. The van der Waals surface area contributed by atoms with E-state index in [-0.39, 0.29) is 35.8 Å². The van der Waals surface area contributed by atoms with Crippen LogP contribution in [0.15, 0.2) is 94.1 Å². The second kappa shape index (κ2) is 17.0. The molecule has 4 atom stereocenters. The number of benzene rings is 2. The molecule has 0 saturated carbocycles. The van der Waals surface area contributed by atoms with Crippen molar-refractivity contribution in [2.45, 2.75) is 36.4 Å². The van der Waals surface area contributed by atoms with Crippen molar-refractivity contribution in [2.75, 3.05) is 35.4 Å². The predicted octanol–water partition coefficient (Wildman–Crippen LogP) is 8.32. The Labute approximate surface area is 340 Å². The van der Waals surface area contributed by atoms with Gasteiger partial charge in [0.05, 0.1) is 47.2 Å². The maximum Gasteiger partial charge on any atom is 0.129 e. The molecule has 10 nitrogen and oxygen atoms in total. The summed E-state index contributed by atoms with van der Waals surface area (Å²) in [7, 11) is 3.88. The number of thioether (sulfide) groups is 2. The average molecular weight is 891 g/mol. The summed E-state index contributed by atoms with van der Waals surface area (Å²) in [5.74, 6) is 3.53. The first-order valence-electron chi connectivity index (χ1n) is 17.6. The number of aromatic nitrogens is 6. The molecule has 0 saturated heterocycles. The fourth-order valence-corrected chi connectivity index (χ4v) is 10.8. The molecule has 0 radical (unpaired) electrons. The van der Waals surface area contributed by atoms with E-state index in [1.165, 1.54) is 22.3 Å². The standard InChI is InChI=1S/2C20H21BrN4OS/c2*1-12-9-13(21)6-7-15(12)19-17-18(16-5-3-4-8-22-16)24-25(2)20(17)23-14(10-26)11-27-19/h2*3-9,14,19,23,26H,10-11H2,1-2H3/t14-,19?;14-,19+/m01/s1. The van der Waals surface area contributed by atoms with Gasteiger partial charge < -0.3 is 20.8 Å². The highest BCUT2D eigenvalue weighted by molar-refractivity contribution is 9.10. The van der Waals surface area contributed by atoms with Crippen LogP contribution in [0.1, 0.15) is 43.9 Å². The van der Waals surface area contributed by atoms with Crippen molar-refractivity contribution in [2.24, 2.45) is 14.1 Å². The summed E-state index contributed by atoms with van der Waals surface area (Å²) in [4.78, 5) is 9.07. The summed E-state index contributed by atoms with van der Waals surface area (Å²) in [6.45, 7) is 4.45. The van der Waals surface area contributed by atoms with Gasteiger partial charge in [-0.25, -0.2) is 0 Å². The number of rotatable bonds is 6. The Morgan fingerprint density at radius 2 is 1.09 bits per heavy atom. The molecule has 280 valence electrons. The van der Waals surface area contributed by atoms with Crippen molar-refractivity contribution in [3.63, 3.8) is 0 Å². The first-order chi connectivity index (χ1) is 26.2. The number of hydrogen-bond acceptors (Lipinski definition) is 10. The highest BCUT2D eigenvalue weighted by Crippen LogP contribution is 2.49. The van der Waals surface area contributed by atoms with Gasteiger partial charge in [0.1, 0.15) is 23.0 Å². The monoisotopic (exact) mass is 888 g/mol. The highest BCUT2D eigenvalue weighted by atomic mass is 79.9. The summed E-state index contributed by atoms with van der Waals surface area (Å²) in [6.07, 6.45) is 3.59. The van der Waals surface area contributed by atoms with Gasteiger partial charge in [0.2, 0.25) is 0 Å². The number of fused-ring (bicyclic) bond motifs is 2. The minimum Gasteiger partial charge on any atom is -0.394 e. The molecule has 14 heteroatoms. The molecular formula is C40H42Br2N8O2S2. The van der Waals surface area contributed by atoms with E-state index in [0.29, 0.717) is 0 Å². The number of pyridine rings is 2. The van der Waals surface area contributed by atoms with Crippen molar-refractivity contribution in [1.29, 1.82) is 0 Å². The van der Waals surface area contributed by atoms with Crippen LogP contribution < -0.4 is 10.6 Å². The van der Waals surface area contributed by atoms with E-state index in [4.69, 9.17) is 10.2 Å². The SMILES string of the molecule is Cc1cc(Br)ccc1C1SC[C@H](CO)Nc2c1c(-c1ccccn1)nn2C.Cc1cc(Br)ccc1[C@@H]1SC[C@@H](CO)Nc2c1c(-c1ccccn1)nn2C. The molecule has 0 aliphatic carbocycles. The van der Waals surface area contributed by atoms with E-state index >= 15 is 0 Å². The molecule has 0 amide bonds. The van der Waals surface area contributed by atoms with Crippen molar-refractivity contribution in [3.8, 4) is 22.8 Å². The Hall–Kier alpha value is -3.66. The van der Waals surface area contributed by atoms with E-state index in [0.717, 1.165) is 66.0 Å². The number of halogens is 2. The maximum absolute atomic E-state index is 9.78. The van der Waals surface area contributed by atoms with Crippen molar-refractivity contribution in [1.82, 2.24) is 29.5 Å². The zero-order valence-electron chi connectivity index (χ0n) is 30.4. The Balaban J connectivity index is 0.000000167. The van der Waals surface area contributed by atoms with Crippen molar-refractivity contribution in [3.05, 3.63) is 128 Å². The number of aryl methyl sites for hydroxylation is 4. The summed E-state index contributed by atoms with van der Waals surface area (Å²) >= 11 is 10.8. The zero-order chi connectivity index (χ0) is 37.9. The second-order valence-corrected chi connectivity index (χ2v) is 17.5. The largest absolute Gasteiger partial charge is 0.394 e. The Kier molecular flexibility index (Phi) is 12.2. The van der Waals surface area contributed by atoms with Gasteiger partial charge in [0.25, 0.3) is 0 Å². The van der Waals surface area contributed by atoms with Crippen LogP contribution in [0.2, 0.25) is 0 Å². The lowest BCUT2D eigenvalue weighted by molar-refractivity contribution is 0.282. The molecule has 0 bridgehead atoms. The third-order valence-electron chi connectivity index (χ3n) is 9.59. The van der Waals surface area contributed by atoms with Crippen LogP contribution in [0.4, 0.5) is 11.6 Å². The summed E-state index contributed by atoms with van der Waals surface area (Å²) in [5.41, 5.74) is 10.7. The van der Waals surface area contributed by atoms with Gasteiger partial charge in [0, 0.05) is 58.1 Å². The van der Waals surface area contributed by atoms with Crippen LogP contribution >= 0.6 is 55.4 Å². The van der Waals surface area contributed by atoms with Crippen LogP contribution in [0.3, 0.4) is 0 Å².